The maximum atomic E-state index is 12.2. The molecule has 0 aliphatic heterocycles. The summed E-state index contributed by atoms with van der Waals surface area (Å²) in [6, 6.07) is 22.4. The topological polar surface area (TPSA) is 76.2 Å². The second-order valence-corrected chi connectivity index (χ2v) is 15.5. The number of thiophene rings is 1. The minimum atomic E-state index is -0.337. The first-order chi connectivity index (χ1) is 23.3. The standard InChI is InChI=1S/C28H21N2OS.C15H28O2.Ir/c1-28(2,3)22-13-19(12-17-6-4-5-7-20(17)22)27-21-14-25(31-24(21)8-10-29-27)23-15-26-18(16-30-23)9-11-32-26;1-7-14(5,8-2)12(16)11-13(17)15(6,9-3)10-4;/h4-11,13-16H,1-3H3;11,16H,7-10H2,1-6H3;/q-1;;/b;12-11-;. The van der Waals surface area contributed by atoms with Crippen LogP contribution in [0.2, 0.25) is 0 Å². The Balaban J connectivity index is 0.000000269. The van der Waals surface area contributed by atoms with E-state index in [1.54, 1.807) is 17.5 Å². The van der Waals surface area contributed by atoms with Crippen molar-refractivity contribution in [2.75, 3.05) is 0 Å². The molecule has 265 valence electrons. The van der Waals surface area contributed by atoms with Crippen molar-refractivity contribution in [2.24, 2.45) is 10.8 Å². The number of rotatable bonds is 9. The van der Waals surface area contributed by atoms with Gasteiger partial charge in [-0.1, -0.05) is 91.5 Å². The number of fused-ring (bicyclic) bond motifs is 3. The maximum Gasteiger partial charge on any atom is 0.164 e. The van der Waals surface area contributed by atoms with Crippen molar-refractivity contribution in [3.05, 3.63) is 95.8 Å². The fourth-order valence-electron chi connectivity index (χ4n) is 5.96. The summed E-state index contributed by atoms with van der Waals surface area (Å²) in [7, 11) is 0. The molecule has 7 heteroatoms. The van der Waals surface area contributed by atoms with E-state index in [4.69, 9.17) is 9.40 Å². The van der Waals surface area contributed by atoms with Crippen molar-refractivity contribution in [2.45, 2.75) is 93.4 Å². The summed E-state index contributed by atoms with van der Waals surface area (Å²) in [5.74, 6) is 1.04. The smallest absolute Gasteiger partial charge is 0.164 e. The monoisotopic (exact) mass is 866 g/mol. The van der Waals surface area contributed by atoms with Crippen molar-refractivity contribution in [1.29, 1.82) is 0 Å². The summed E-state index contributed by atoms with van der Waals surface area (Å²) in [5.41, 5.74) is 4.18. The van der Waals surface area contributed by atoms with Crippen molar-refractivity contribution < 1.29 is 34.4 Å². The first kappa shape index (κ1) is 39.2. The number of benzene rings is 2. The van der Waals surface area contributed by atoms with Gasteiger partial charge >= 0.3 is 0 Å². The molecule has 6 rings (SSSR count). The Kier molecular flexibility index (Phi) is 12.3. The molecule has 5 nitrogen and oxygen atoms in total. The van der Waals surface area contributed by atoms with E-state index in [9.17, 15) is 9.90 Å². The molecule has 0 spiro atoms. The number of hydrogen-bond donors (Lipinski definition) is 1. The molecule has 4 aromatic heterocycles. The quantitative estimate of drug-likeness (QED) is 0.0890. The molecule has 0 unspecified atom stereocenters. The van der Waals surface area contributed by atoms with E-state index >= 15 is 0 Å². The summed E-state index contributed by atoms with van der Waals surface area (Å²) < 4.78 is 7.42. The second-order valence-electron chi connectivity index (χ2n) is 14.5. The van der Waals surface area contributed by atoms with E-state index in [0.717, 1.165) is 70.1 Å². The number of carbonyl (C=O) groups is 1. The number of aliphatic hydroxyl groups is 1. The molecule has 50 heavy (non-hydrogen) atoms. The summed E-state index contributed by atoms with van der Waals surface area (Å²) in [6.45, 7) is 18.8. The third kappa shape index (κ3) is 7.96. The Labute approximate surface area is 314 Å². The van der Waals surface area contributed by atoms with Gasteiger partial charge in [0, 0.05) is 70.6 Å². The first-order valence-corrected chi connectivity index (χ1v) is 18.3. The molecular weight excluding hydrogens is 817 g/mol. The zero-order valence-corrected chi connectivity index (χ0v) is 33.9. The molecule has 0 aliphatic carbocycles. The van der Waals surface area contributed by atoms with Crippen LogP contribution >= 0.6 is 11.3 Å². The zero-order chi connectivity index (χ0) is 35.6. The summed E-state index contributed by atoms with van der Waals surface area (Å²) >= 11 is 1.71. The molecule has 0 bridgehead atoms. The molecular formula is C43H49IrN2O3S-. The van der Waals surface area contributed by atoms with Crippen LogP contribution in [0.1, 0.15) is 93.6 Å². The number of hydrogen-bond acceptors (Lipinski definition) is 6. The van der Waals surface area contributed by atoms with Gasteiger partial charge < -0.3 is 9.52 Å². The van der Waals surface area contributed by atoms with E-state index in [-0.39, 0.29) is 47.9 Å². The van der Waals surface area contributed by atoms with Gasteiger partial charge in [0.15, 0.2) is 11.5 Å². The number of pyridine rings is 2. The molecule has 0 saturated heterocycles. The van der Waals surface area contributed by atoms with Crippen LogP contribution in [0.3, 0.4) is 0 Å². The number of furan rings is 1. The second kappa shape index (κ2) is 15.7. The van der Waals surface area contributed by atoms with Crippen molar-refractivity contribution in [3.8, 4) is 22.7 Å². The Morgan fingerprint density at radius 1 is 0.880 bits per heavy atom. The Hall–Kier alpha value is -3.64. The molecule has 0 saturated carbocycles. The number of allylic oxidation sites excluding steroid dienone is 2. The van der Waals surface area contributed by atoms with E-state index in [1.165, 1.54) is 21.7 Å². The number of carbonyl (C=O) groups excluding carboxylic acids is 1. The van der Waals surface area contributed by atoms with Gasteiger partial charge in [0.1, 0.15) is 17.0 Å². The molecule has 0 amide bonds. The van der Waals surface area contributed by atoms with Crippen LogP contribution in [0.15, 0.2) is 88.6 Å². The summed E-state index contributed by atoms with van der Waals surface area (Å²) in [4.78, 5) is 21.5. The van der Waals surface area contributed by atoms with Gasteiger partial charge in [0.2, 0.25) is 0 Å². The van der Waals surface area contributed by atoms with E-state index < -0.39 is 0 Å². The molecule has 1 N–H and O–H groups in total. The summed E-state index contributed by atoms with van der Waals surface area (Å²) in [5, 5.41) is 16.7. The molecule has 0 fully saturated rings. The van der Waals surface area contributed by atoms with Crippen molar-refractivity contribution >= 4 is 48.9 Å². The van der Waals surface area contributed by atoms with Crippen LogP contribution in [0, 0.1) is 16.9 Å². The Morgan fingerprint density at radius 3 is 2.22 bits per heavy atom. The average Bonchev–Trinajstić information content (AvgIpc) is 3.77. The summed E-state index contributed by atoms with van der Waals surface area (Å²) in [6.07, 6.45) is 8.46. The average molecular weight is 866 g/mol. The molecule has 0 aliphatic rings. The van der Waals surface area contributed by atoms with Crippen LogP contribution in [-0.4, -0.2) is 20.9 Å². The van der Waals surface area contributed by atoms with Gasteiger partial charge in [-0.2, -0.15) is 0 Å². The van der Waals surface area contributed by atoms with Crippen LogP contribution in [0.4, 0.5) is 0 Å². The van der Waals surface area contributed by atoms with Crippen molar-refractivity contribution in [1.82, 2.24) is 9.97 Å². The van der Waals surface area contributed by atoms with E-state index in [2.05, 4.69) is 85.7 Å². The third-order valence-corrected chi connectivity index (χ3v) is 11.4. The maximum absolute atomic E-state index is 12.2. The molecule has 4 heterocycles. The fourth-order valence-corrected chi connectivity index (χ4v) is 6.75. The minimum absolute atomic E-state index is 0. The van der Waals surface area contributed by atoms with E-state index in [1.807, 2.05) is 53.8 Å². The molecule has 1 radical (unpaired) electrons. The number of aliphatic hydroxyl groups excluding tert-OH is 1. The van der Waals surface area contributed by atoms with Gasteiger partial charge in [0.05, 0.1) is 0 Å². The number of aromatic nitrogens is 2. The van der Waals surface area contributed by atoms with Crippen LogP contribution in [-0.2, 0) is 30.3 Å². The Morgan fingerprint density at radius 2 is 1.56 bits per heavy atom. The fraction of sp³-hybridized carbons (Fsp3) is 0.372. The van der Waals surface area contributed by atoms with Gasteiger partial charge in [-0.15, -0.1) is 40.5 Å². The first-order valence-electron chi connectivity index (χ1n) is 17.4. The number of ketones is 1. The van der Waals surface area contributed by atoms with Gasteiger partial charge in [0.25, 0.3) is 0 Å². The number of nitrogens with zero attached hydrogens (tertiary/aromatic N) is 2. The van der Waals surface area contributed by atoms with Crippen molar-refractivity contribution in [3.63, 3.8) is 0 Å². The van der Waals surface area contributed by atoms with Gasteiger partial charge in [-0.05, 0) is 60.7 Å². The molecule has 6 aromatic rings. The Bertz CT molecular complexity index is 2130. The molecule has 2 aromatic carbocycles. The predicted molar refractivity (Wildman–Crippen MR) is 206 cm³/mol. The van der Waals surface area contributed by atoms with Gasteiger partial charge in [-0.3, -0.25) is 14.8 Å². The van der Waals surface area contributed by atoms with E-state index in [0.29, 0.717) is 0 Å². The van der Waals surface area contributed by atoms with Crippen LogP contribution < -0.4 is 0 Å². The van der Waals surface area contributed by atoms with Crippen LogP contribution in [0.25, 0.3) is 54.5 Å². The zero-order valence-electron chi connectivity index (χ0n) is 30.7. The van der Waals surface area contributed by atoms with Gasteiger partial charge in [-0.25, -0.2) is 0 Å². The third-order valence-electron chi connectivity index (χ3n) is 10.5. The minimum Gasteiger partial charge on any atom is -0.512 e. The normalized spacial score (nSPS) is 12.5. The SMILES string of the molecule is CC(C)(C)c1cc(-c2nccc3oc(-c4cc5sccc5cn4)cc23)[c-]c2ccccc12.CCC(C)(CC)C(=O)/C=C(\O)C(C)(CC)CC.[Ir]. The van der Waals surface area contributed by atoms with Crippen LogP contribution in [0.5, 0.6) is 0 Å². The molecule has 0 atom stereocenters. The predicted octanol–water partition coefficient (Wildman–Crippen LogP) is 12.7. The largest absolute Gasteiger partial charge is 0.512 e.